The van der Waals surface area contributed by atoms with Crippen LogP contribution in [-0.2, 0) is 27.3 Å². The SMILES string of the molecule is N#Cc1c(N2C(=O)[C@H]3[C@H](ON(c4ccc(Cl)cc4)[C@H]3c3ccco3)C2=O)sc2c1CCCC2. The van der Waals surface area contributed by atoms with Crippen LogP contribution in [0.4, 0.5) is 10.7 Å². The fourth-order valence-corrected chi connectivity index (χ4v) is 6.47. The number of halogens is 1. The predicted octanol–water partition coefficient (Wildman–Crippen LogP) is 4.80. The molecule has 9 heteroatoms. The number of imide groups is 1. The summed E-state index contributed by atoms with van der Waals surface area (Å²) in [5.74, 6) is -1.11. The van der Waals surface area contributed by atoms with E-state index < -0.39 is 24.0 Å². The Hall–Kier alpha value is -3.12. The van der Waals surface area contributed by atoms with Gasteiger partial charge in [-0.25, -0.2) is 9.96 Å². The zero-order valence-electron chi connectivity index (χ0n) is 17.4. The standard InChI is InChI=1S/C24H18ClN3O4S/c25-13-7-9-14(10-8-13)28-20(17-5-3-11-31-17)19-21(32-28)23(30)27(22(19)29)24-16(12-26)15-4-1-2-6-18(15)33-24/h3,5,7-11,19-21H,1-2,4,6H2/t19-,20+,21+/m1/s1. The van der Waals surface area contributed by atoms with Gasteiger partial charge >= 0.3 is 0 Å². The number of rotatable bonds is 3. The number of nitriles is 1. The number of carbonyl (C=O) groups is 2. The van der Waals surface area contributed by atoms with Crippen LogP contribution in [0, 0.1) is 17.2 Å². The molecular formula is C24H18ClN3O4S. The van der Waals surface area contributed by atoms with Gasteiger partial charge in [-0.2, -0.15) is 5.26 Å². The fraction of sp³-hybridized carbons (Fsp3) is 0.292. The zero-order chi connectivity index (χ0) is 22.7. The first-order valence-electron chi connectivity index (χ1n) is 10.8. The molecule has 2 fully saturated rings. The lowest BCUT2D eigenvalue weighted by molar-refractivity contribution is -0.126. The Morgan fingerprint density at radius 2 is 1.88 bits per heavy atom. The van der Waals surface area contributed by atoms with Crippen LogP contribution in [0.15, 0.2) is 47.1 Å². The van der Waals surface area contributed by atoms with Gasteiger partial charge in [0.2, 0.25) is 5.91 Å². The summed E-state index contributed by atoms with van der Waals surface area (Å²) in [5.41, 5.74) is 2.08. The monoisotopic (exact) mass is 479 g/mol. The van der Waals surface area contributed by atoms with E-state index in [4.69, 9.17) is 20.9 Å². The van der Waals surface area contributed by atoms with Crippen molar-refractivity contribution >= 4 is 45.4 Å². The number of nitrogens with zero attached hydrogens (tertiary/aromatic N) is 3. The molecule has 3 atom stereocenters. The van der Waals surface area contributed by atoms with E-state index in [9.17, 15) is 14.9 Å². The number of furan rings is 1. The first-order chi connectivity index (χ1) is 16.1. The Morgan fingerprint density at radius 1 is 1.09 bits per heavy atom. The Kier molecular flexibility index (Phi) is 4.80. The van der Waals surface area contributed by atoms with E-state index in [0.717, 1.165) is 36.1 Å². The maximum absolute atomic E-state index is 13.7. The number of carbonyl (C=O) groups excluding carboxylic acids is 2. The van der Waals surface area contributed by atoms with Crippen molar-refractivity contribution in [3.05, 3.63) is 69.4 Å². The summed E-state index contributed by atoms with van der Waals surface area (Å²) < 4.78 is 5.66. The van der Waals surface area contributed by atoms with Gasteiger partial charge in [-0.3, -0.25) is 14.4 Å². The van der Waals surface area contributed by atoms with Crippen molar-refractivity contribution in [1.82, 2.24) is 0 Å². The third-order valence-electron chi connectivity index (χ3n) is 6.50. The lowest BCUT2D eigenvalue weighted by Crippen LogP contribution is -2.37. The van der Waals surface area contributed by atoms with Gasteiger partial charge in [-0.05, 0) is 67.6 Å². The molecule has 1 aromatic carbocycles. The molecule has 33 heavy (non-hydrogen) atoms. The lowest BCUT2D eigenvalue weighted by atomic mass is 9.94. The summed E-state index contributed by atoms with van der Waals surface area (Å²) in [6.07, 6.45) is 4.24. The van der Waals surface area contributed by atoms with Gasteiger partial charge in [0.25, 0.3) is 5.91 Å². The number of benzene rings is 1. The van der Waals surface area contributed by atoms with Crippen LogP contribution in [0.3, 0.4) is 0 Å². The largest absolute Gasteiger partial charge is 0.467 e. The predicted molar refractivity (Wildman–Crippen MR) is 122 cm³/mol. The minimum Gasteiger partial charge on any atom is -0.467 e. The number of thiophene rings is 1. The van der Waals surface area contributed by atoms with Crippen LogP contribution in [0.5, 0.6) is 0 Å². The molecule has 0 unspecified atom stereocenters. The van der Waals surface area contributed by atoms with E-state index in [1.54, 1.807) is 41.5 Å². The molecule has 3 aliphatic rings. The average Bonchev–Trinajstić information content (AvgIpc) is 3.58. The summed E-state index contributed by atoms with van der Waals surface area (Å²) >= 11 is 7.42. The Labute approximate surface area is 198 Å². The van der Waals surface area contributed by atoms with Crippen molar-refractivity contribution in [2.24, 2.45) is 5.92 Å². The van der Waals surface area contributed by atoms with Gasteiger partial charge in [0, 0.05) is 9.90 Å². The zero-order valence-corrected chi connectivity index (χ0v) is 18.9. The number of aryl methyl sites for hydroxylation is 1. The van der Waals surface area contributed by atoms with Gasteiger partial charge in [-0.15, -0.1) is 11.3 Å². The van der Waals surface area contributed by atoms with Crippen LogP contribution in [-0.4, -0.2) is 17.9 Å². The highest BCUT2D eigenvalue weighted by atomic mass is 35.5. The molecule has 6 rings (SSSR count). The Bertz CT molecular complexity index is 1290. The molecule has 0 N–H and O–H groups in total. The first kappa shape index (κ1) is 20.5. The molecule has 2 amide bonds. The molecule has 0 spiro atoms. The number of amides is 2. The summed E-state index contributed by atoms with van der Waals surface area (Å²) in [6, 6.07) is 12.1. The van der Waals surface area contributed by atoms with Crippen LogP contribution in [0.25, 0.3) is 0 Å². The van der Waals surface area contributed by atoms with E-state index in [-0.39, 0.29) is 5.91 Å². The lowest BCUT2D eigenvalue weighted by Gasteiger charge is -2.27. The molecule has 4 heterocycles. The molecule has 7 nitrogen and oxygen atoms in total. The number of fused-ring (bicyclic) bond motifs is 2. The number of anilines is 2. The normalized spacial score (nSPS) is 24.2. The van der Waals surface area contributed by atoms with E-state index in [1.165, 1.54) is 22.5 Å². The minimum absolute atomic E-state index is 0.377. The highest BCUT2D eigenvalue weighted by molar-refractivity contribution is 7.17. The van der Waals surface area contributed by atoms with Crippen molar-refractivity contribution in [3.8, 4) is 6.07 Å². The van der Waals surface area contributed by atoms with E-state index >= 15 is 0 Å². The van der Waals surface area contributed by atoms with Gasteiger partial charge in [-0.1, -0.05) is 11.6 Å². The maximum Gasteiger partial charge on any atom is 0.267 e. The van der Waals surface area contributed by atoms with Crippen LogP contribution < -0.4 is 9.96 Å². The van der Waals surface area contributed by atoms with Gasteiger partial charge in [0.05, 0.1) is 17.5 Å². The van der Waals surface area contributed by atoms with Crippen LogP contribution >= 0.6 is 22.9 Å². The molecule has 166 valence electrons. The smallest absolute Gasteiger partial charge is 0.267 e. The third-order valence-corrected chi connectivity index (χ3v) is 8.03. The second-order valence-corrected chi connectivity index (χ2v) is 9.85. The molecule has 3 aromatic rings. The second kappa shape index (κ2) is 7.73. The van der Waals surface area contributed by atoms with Gasteiger partial charge in [0.15, 0.2) is 6.10 Å². The minimum atomic E-state index is -1.01. The summed E-state index contributed by atoms with van der Waals surface area (Å²) in [4.78, 5) is 35.6. The topological polar surface area (TPSA) is 86.8 Å². The van der Waals surface area contributed by atoms with Gasteiger partial charge in [0.1, 0.15) is 28.8 Å². The highest BCUT2D eigenvalue weighted by Gasteiger charge is 2.61. The maximum atomic E-state index is 13.7. The quantitative estimate of drug-likeness (QED) is 0.502. The van der Waals surface area contributed by atoms with Crippen LogP contribution in [0.2, 0.25) is 5.02 Å². The Balaban J connectivity index is 1.42. The van der Waals surface area contributed by atoms with Crippen molar-refractivity contribution < 1.29 is 18.8 Å². The molecule has 2 aromatic heterocycles. The second-order valence-electron chi connectivity index (χ2n) is 8.33. The van der Waals surface area contributed by atoms with E-state index in [1.807, 2.05) is 0 Å². The molecule has 2 aliphatic heterocycles. The fourth-order valence-electron chi connectivity index (χ4n) is 5.00. The molecule has 2 saturated heterocycles. The highest BCUT2D eigenvalue weighted by Crippen LogP contribution is 2.50. The summed E-state index contributed by atoms with van der Waals surface area (Å²) in [7, 11) is 0. The molecule has 1 aliphatic carbocycles. The molecule has 0 radical (unpaired) electrons. The summed E-state index contributed by atoms with van der Waals surface area (Å²) in [5, 5.41) is 12.4. The van der Waals surface area contributed by atoms with E-state index in [2.05, 4.69) is 6.07 Å². The van der Waals surface area contributed by atoms with Crippen LogP contribution in [0.1, 0.15) is 40.6 Å². The number of hydroxylamine groups is 1. The van der Waals surface area contributed by atoms with Crippen molar-refractivity contribution in [2.75, 3.05) is 9.96 Å². The molecule has 0 bridgehead atoms. The first-order valence-corrected chi connectivity index (χ1v) is 12.0. The average molecular weight is 480 g/mol. The van der Waals surface area contributed by atoms with Gasteiger partial charge < -0.3 is 4.42 Å². The van der Waals surface area contributed by atoms with Crippen molar-refractivity contribution in [1.29, 1.82) is 5.26 Å². The Morgan fingerprint density at radius 3 is 2.61 bits per heavy atom. The molecule has 0 saturated carbocycles. The number of hydrogen-bond donors (Lipinski definition) is 0. The van der Waals surface area contributed by atoms with Crippen molar-refractivity contribution in [3.63, 3.8) is 0 Å². The van der Waals surface area contributed by atoms with Crippen molar-refractivity contribution in [2.45, 2.75) is 37.8 Å². The third kappa shape index (κ3) is 3.04. The molecular weight excluding hydrogens is 462 g/mol. The number of hydrogen-bond acceptors (Lipinski definition) is 7. The van der Waals surface area contributed by atoms with E-state index in [0.29, 0.717) is 27.0 Å². The summed E-state index contributed by atoms with van der Waals surface area (Å²) in [6.45, 7) is 0.